The van der Waals surface area contributed by atoms with Crippen LogP contribution in [-0.4, -0.2) is 20.9 Å². The topological polar surface area (TPSA) is 60.7 Å². The summed E-state index contributed by atoms with van der Waals surface area (Å²) in [7, 11) is 0. The third-order valence-corrected chi connectivity index (χ3v) is 2.41. The fraction of sp³-hybridized carbons (Fsp3) is 0.400. The highest BCUT2D eigenvalue weighted by Crippen LogP contribution is 2.40. The molecule has 1 fully saturated rings. The molecule has 3 nitrogen and oxygen atoms in total. The van der Waals surface area contributed by atoms with Crippen LogP contribution in [0.1, 0.15) is 18.4 Å². The Morgan fingerprint density at radius 2 is 1.92 bits per heavy atom. The predicted molar refractivity (Wildman–Crippen MR) is 47.7 cm³/mol. The number of rotatable bonds is 2. The van der Waals surface area contributed by atoms with E-state index in [0.29, 0.717) is 12.0 Å². The van der Waals surface area contributed by atoms with Crippen LogP contribution in [0.5, 0.6) is 11.5 Å². The summed E-state index contributed by atoms with van der Waals surface area (Å²) >= 11 is 0. The van der Waals surface area contributed by atoms with E-state index in [0.717, 1.165) is 12.8 Å². The van der Waals surface area contributed by atoms with Gasteiger partial charge in [-0.3, -0.25) is 0 Å². The Kier molecular flexibility index (Phi) is 1.70. The van der Waals surface area contributed by atoms with Gasteiger partial charge in [0.1, 0.15) is 11.5 Å². The molecule has 0 amide bonds. The first kappa shape index (κ1) is 8.38. The molecular weight excluding hydrogens is 168 g/mol. The second-order valence-electron chi connectivity index (χ2n) is 3.71. The van der Waals surface area contributed by atoms with Crippen molar-refractivity contribution in [1.82, 2.24) is 0 Å². The van der Waals surface area contributed by atoms with Gasteiger partial charge in [-0.25, -0.2) is 0 Å². The van der Waals surface area contributed by atoms with Crippen LogP contribution >= 0.6 is 0 Å². The van der Waals surface area contributed by atoms with Crippen molar-refractivity contribution in [3.8, 4) is 11.5 Å². The van der Waals surface area contributed by atoms with Crippen molar-refractivity contribution < 1.29 is 15.3 Å². The molecule has 13 heavy (non-hydrogen) atoms. The summed E-state index contributed by atoms with van der Waals surface area (Å²) < 4.78 is 0. The van der Waals surface area contributed by atoms with Crippen molar-refractivity contribution in [2.45, 2.75) is 24.9 Å². The molecule has 1 aromatic rings. The van der Waals surface area contributed by atoms with Gasteiger partial charge in [0.15, 0.2) is 0 Å². The lowest BCUT2D eigenvalue weighted by atomic mass is 10.1. The van der Waals surface area contributed by atoms with Gasteiger partial charge in [0, 0.05) is 12.0 Å². The highest BCUT2D eigenvalue weighted by molar-refractivity contribution is 5.40. The average Bonchev–Trinajstić information content (AvgIpc) is 2.76. The van der Waals surface area contributed by atoms with Crippen LogP contribution in [0.4, 0.5) is 0 Å². The first-order chi connectivity index (χ1) is 6.09. The van der Waals surface area contributed by atoms with Crippen LogP contribution in [0.15, 0.2) is 18.2 Å². The molecule has 1 saturated carbocycles. The van der Waals surface area contributed by atoms with Crippen molar-refractivity contribution in [2.24, 2.45) is 0 Å². The van der Waals surface area contributed by atoms with E-state index in [-0.39, 0.29) is 11.5 Å². The summed E-state index contributed by atoms with van der Waals surface area (Å²) in [5.41, 5.74) is -0.0225. The number of phenols is 2. The van der Waals surface area contributed by atoms with Gasteiger partial charge in [0.2, 0.25) is 0 Å². The maximum Gasteiger partial charge on any atom is 0.119 e. The number of aliphatic hydroxyl groups is 1. The first-order valence-corrected chi connectivity index (χ1v) is 4.32. The number of benzene rings is 1. The third-order valence-electron chi connectivity index (χ3n) is 2.41. The molecule has 0 heterocycles. The van der Waals surface area contributed by atoms with Gasteiger partial charge in [-0.2, -0.15) is 0 Å². The van der Waals surface area contributed by atoms with Crippen molar-refractivity contribution in [1.29, 1.82) is 0 Å². The van der Waals surface area contributed by atoms with E-state index >= 15 is 0 Å². The van der Waals surface area contributed by atoms with E-state index in [2.05, 4.69) is 0 Å². The molecule has 0 radical (unpaired) electrons. The fourth-order valence-electron chi connectivity index (χ4n) is 1.39. The Hall–Kier alpha value is -1.22. The molecule has 0 bridgehead atoms. The Morgan fingerprint density at radius 3 is 2.54 bits per heavy atom. The highest BCUT2D eigenvalue weighted by atomic mass is 16.3. The Morgan fingerprint density at radius 1 is 1.23 bits per heavy atom. The third kappa shape index (κ3) is 1.75. The van der Waals surface area contributed by atoms with E-state index in [9.17, 15) is 10.2 Å². The summed E-state index contributed by atoms with van der Waals surface area (Å²) in [6.45, 7) is 0. The molecular formula is C10H12O3. The molecule has 1 aliphatic rings. The van der Waals surface area contributed by atoms with Crippen molar-refractivity contribution >= 4 is 0 Å². The van der Waals surface area contributed by atoms with Crippen LogP contribution in [0.2, 0.25) is 0 Å². The van der Waals surface area contributed by atoms with E-state index in [1.807, 2.05) is 0 Å². The summed E-state index contributed by atoms with van der Waals surface area (Å²) in [5.74, 6) is 0.259. The number of phenolic OH excluding ortho intramolecular Hbond substituents is 2. The molecule has 2 rings (SSSR count). The van der Waals surface area contributed by atoms with Gasteiger partial charge >= 0.3 is 0 Å². The molecule has 1 aromatic carbocycles. The average molecular weight is 180 g/mol. The van der Waals surface area contributed by atoms with Gasteiger partial charge in [-0.1, -0.05) is 0 Å². The SMILES string of the molecule is Oc1ccc(O)c(CC2(O)CC2)c1. The maximum absolute atomic E-state index is 9.60. The molecule has 3 N–H and O–H groups in total. The van der Waals surface area contributed by atoms with E-state index in [4.69, 9.17) is 5.11 Å². The molecule has 0 saturated heterocycles. The van der Waals surface area contributed by atoms with Gasteiger partial charge in [0.25, 0.3) is 0 Å². The number of hydrogen-bond donors (Lipinski definition) is 3. The normalized spacial score (nSPS) is 18.5. The Balaban J connectivity index is 2.23. The lowest BCUT2D eigenvalue weighted by Crippen LogP contribution is -2.10. The number of hydrogen-bond acceptors (Lipinski definition) is 3. The molecule has 0 atom stereocenters. The van der Waals surface area contributed by atoms with E-state index in [1.54, 1.807) is 0 Å². The zero-order chi connectivity index (χ0) is 9.47. The summed E-state index contributed by atoms with van der Waals surface area (Å²) in [5, 5.41) is 28.2. The molecule has 70 valence electrons. The zero-order valence-electron chi connectivity index (χ0n) is 7.20. The standard InChI is InChI=1S/C10H12O3/c11-8-1-2-9(12)7(5-8)6-10(13)3-4-10/h1-2,5,11-13H,3-4,6H2. The fourth-order valence-corrected chi connectivity index (χ4v) is 1.39. The monoisotopic (exact) mass is 180 g/mol. The quantitative estimate of drug-likeness (QED) is 0.598. The van der Waals surface area contributed by atoms with Crippen LogP contribution in [0.3, 0.4) is 0 Å². The van der Waals surface area contributed by atoms with Crippen LogP contribution in [0.25, 0.3) is 0 Å². The lowest BCUT2D eigenvalue weighted by Gasteiger charge is -2.09. The van der Waals surface area contributed by atoms with Crippen LogP contribution in [0, 0.1) is 0 Å². The van der Waals surface area contributed by atoms with Crippen molar-refractivity contribution in [2.75, 3.05) is 0 Å². The predicted octanol–water partition coefficient (Wildman–Crippen LogP) is 1.17. The Bertz CT molecular complexity index is 329. The zero-order valence-corrected chi connectivity index (χ0v) is 7.20. The summed E-state index contributed by atoms with van der Waals surface area (Å²) in [6, 6.07) is 4.36. The lowest BCUT2D eigenvalue weighted by molar-refractivity contribution is 0.150. The first-order valence-electron chi connectivity index (χ1n) is 4.32. The summed E-state index contributed by atoms with van der Waals surface area (Å²) in [6.07, 6.45) is 1.98. The minimum Gasteiger partial charge on any atom is -0.508 e. The number of aromatic hydroxyl groups is 2. The second-order valence-corrected chi connectivity index (χ2v) is 3.71. The van der Waals surface area contributed by atoms with Gasteiger partial charge < -0.3 is 15.3 Å². The smallest absolute Gasteiger partial charge is 0.119 e. The van der Waals surface area contributed by atoms with Crippen molar-refractivity contribution in [3.05, 3.63) is 23.8 Å². The minimum atomic E-state index is -0.634. The molecule has 1 aliphatic carbocycles. The summed E-state index contributed by atoms with van der Waals surface area (Å²) in [4.78, 5) is 0. The molecule has 0 spiro atoms. The molecule has 0 unspecified atom stereocenters. The van der Waals surface area contributed by atoms with Gasteiger partial charge in [-0.05, 0) is 31.0 Å². The highest BCUT2D eigenvalue weighted by Gasteiger charge is 2.40. The van der Waals surface area contributed by atoms with E-state index in [1.165, 1.54) is 18.2 Å². The van der Waals surface area contributed by atoms with Crippen LogP contribution < -0.4 is 0 Å². The van der Waals surface area contributed by atoms with Crippen LogP contribution in [-0.2, 0) is 6.42 Å². The Labute approximate surface area is 76.3 Å². The molecule has 3 heteroatoms. The van der Waals surface area contributed by atoms with Crippen molar-refractivity contribution in [3.63, 3.8) is 0 Å². The molecule has 0 aliphatic heterocycles. The van der Waals surface area contributed by atoms with E-state index < -0.39 is 5.60 Å². The minimum absolute atomic E-state index is 0.122. The largest absolute Gasteiger partial charge is 0.508 e. The second kappa shape index (κ2) is 2.64. The van der Waals surface area contributed by atoms with Gasteiger partial charge in [-0.15, -0.1) is 0 Å². The van der Waals surface area contributed by atoms with Gasteiger partial charge in [0.05, 0.1) is 5.60 Å². The molecule has 0 aromatic heterocycles. The maximum atomic E-state index is 9.60.